The van der Waals surface area contributed by atoms with Gasteiger partial charge in [0.05, 0.1) is 26.4 Å². The average Bonchev–Trinajstić information content (AvgIpc) is 3.38. The minimum atomic E-state index is -0.0468. The van der Waals surface area contributed by atoms with E-state index in [1.54, 1.807) is 7.11 Å². The zero-order chi connectivity index (χ0) is 18.8. The Labute approximate surface area is 159 Å². The molecule has 2 aliphatic rings. The van der Waals surface area contributed by atoms with Gasteiger partial charge in [0.15, 0.2) is 5.82 Å². The summed E-state index contributed by atoms with van der Waals surface area (Å²) in [4.78, 5) is 0. The lowest BCUT2D eigenvalue weighted by Crippen LogP contribution is -2.41. The van der Waals surface area contributed by atoms with Gasteiger partial charge in [0.2, 0.25) is 0 Å². The molecule has 27 heavy (non-hydrogen) atoms. The van der Waals surface area contributed by atoms with E-state index in [2.05, 4.69) is 34.7 Å². The molecule has 0 saturated carbocycles. The normalized spacial score (nSPS) is 27.3. The molecule has 8 heteroatoms. The molecule has 0 amide bonds. The number of ether oxygens (including phenoxy) is 3. The fourth-order valence-corrected chi connectivity index (χ4v) is 3.79. The Morgan fingerprint density at radius 2 is 2.11 bits per heavy atom. The average molecular weight is 373 g/mol. The van der Waals surface area contributed by atoms with Crippen LogP contribution in [0.25, 0.3) is 11.4 Å². The molecule has 4 unspecified atom stereocenters. The molecule has 1 aromatic heterocycles. The van der Waals surface area contributed by atoms with Crippen LogP contribution < -0.4 is 10.1 Å². The highest BCUT2D eigenvalue weighted by Crippen LogP contribution is 2.36. The largest absolute Gasteiger partial charge is 0.497 e. The third-order valence-corrected chi connectivity index (χ3v) is 5.29. The number of hydrogen-bond donors (Lipinski definition) is 1. The van der Waals surface area contributed by atoms with E-state index >= 15 is 0 Å². The highest BCUT2D eigenvalue weighted by Gasteiger charge is 2.49. The summed E-state index contributed by atoms with van der Waals surface area (Å²) in [5, 5.41) is 15.9. The van der Waals surface area contributed by atoms with Crippen molar-refractivity contribution in [2.75, 3.05) is 26.9 Å². The van der Waals surface area contributed by atoms with Crippen molar-refractivity contribution >= 4 is 0 Å². The van der Waals surface area contributed by atoms with E-state index in [1.807, 2.05) is 28.9 Å². The summed E-state index contributed by atoms with van der Waals surface area (Å²) < 4.78 is 19.3. The van der Waals surface area contributed by atoms with Crippen molar-refractivity contribution in [1.29, 1.82) is 0 Å². The van der Waals surface area contributed by atoms with Gasteiger partial charge in [-0.3, -0.25) is 0 Å². The lowest BCUT2D eigenvalue weighted by molar-refractivity contribution is 0.0621. The molecule has 1 N–H and O–H groups in total. The molecule has 0 bridgehead atoms. The van der Waals surface area contributed by atoms with E-state index in [-0.39, 0.29) is 24.3 Å². The maximum atomic E-state index is 6.09. The van der Waals surface area contributed by atoms with Gasteiger partial charge in [0, 0.05) is 5.56 Å². The first-order valence-electron chi connectivity index (χ1n) is 9.56. The molecule has 146 valence electrons. The van der Waals surface area contributed by atoms with E-state index in [0.717, 1.165) is 24.3 Å². The van der Waals surface area contributed by atoms with Crippen molar-refractivity contribution in [2.45, 2.75) is 44.6 Å². The van der Waals surface area contributed by atoms with E-state index in [4.69, 9.17) is 14.2 Å². The second-order valence-corrected chi connectivity index (χ2v) is 7.59. The lowest BCUT2D eigenvalue weighted by atomic mass is 10.1. The lowest BCUT2D eigenvalue weighted by Gasteiger charge is -2.18. The third kappa shape index (κ3) is 3.69. The maximum Gasteiger partial charge on any atom is 0.182 e. The van der Waals surface area contributed by atoms with Crippen molar-refractivity contribution in [3.05, 3.63) is 24.3 Å². The number of methoxy groups -OCH3 is 1. The van der Waals surface area contributed by atoms with Gasteiger partial charge in [-0.1, -0.05) is 26.0 Å². The predicted octanol–water partition coefficient (Wildman–Crippen LogP) is 1.69. The summed E-state index contributed by atoms with van der Waals surface area (Å²) >= 11 is 0. The first-order valence-corrected chi connectivity index (χ1v) is 9.56. The molecule has 0 radical (unpaired) electrons. The van der Waals surface area contributed by atoms with E-state index in [9.17, 15) is 0 Å². The predicted molar refractivity (Wildman–Crippen MR) is 99.6 cm³/mol. The van der Waals surface area contributed by atoms with Gasteiger partial charge >= 0.3 is 0 Å². The van der Waals surface area contributed by atoms with Crippen LogP contribution >= 0.6 is 0 Å². The van der Waals surface area contributed by atoms with Gasteiger partial charge in [-0.15, -0.1) is 5.10 Å². The number of aromatic nitrogens is 4. The summed E-state index contributed by atoms with van der Waals surface area (Å²) in [7, 11) is 1.65. The molecule has 4 atom stereocenters. The molecule has 2 saturated heterocycles. The minimum absolute atomic E-state index is 0.0320. The fourth-order valence-electron chi connectivity index (χ4n) is 3.79. The van der Waals surface area contributed by atoms with Gasteiger partial charge in [0.1, 0.15) is 24.0 Å². The summed E-state index contributed by atoms with van der Waals surface area (Å²) in [6.07, 6.45) is 1.13. The molecular weight excluding hydrogens is 346 g/mol. The van der Waals surface area contributed by atoms with Crippen molar-refractivity contribution in [1.82, 2.24) is 25.5 Å². The second kappa shape index (κ2) is 7.92. The van der Waals surface area contributed by atoms with Gasteiger partial charge in [-0.05, 0) is 41.4 Å². The number of nitrogens with zero attached hydrogens (tertiary/aromatic N) is 4. The van der Waals surface area contributed by atoms with E-state index < -0.39 is 0 Å². The number of benzene rings is 1. The smallest absolute Gasteiger partial charge is 0.182 e. The molecule has 0 spiro atoms. The van der Waals surface area contributed by atoms with Crippen molar-refractivity contribution < 1.29 is 14.2 Å². The summed E-state index contributed by atoms with van der Waals surface area (Å²) in [5.41, 5.74) is 0.910. The Balaban J connectivity index is 1.49. The molecule has 2 aromatic rings. The SMILES string of the molecule is COc1cccc(-c2nnnn2C2COC3C(NCCC(C)C)COC32)c1. The van der Waals surface area contributed by atoms with Gasteiger partial charge < -0.3 is 19.5 Å². The molecular formula is C19H27N5O3. The Morgan fingerprint density at radius 3 is 2.93 bits per heavy atom. The third-order valence-electron chi connectivity index (χ3n) is 5.29. The zero-order valence-corrected chi connectivity index (χ0v) is 16.0. The number of tetrazole rings is 1. The highest BCUT2D eigenvalue weighted by molar-refractivity contribution is 5.57. The molecule has 8 nitrogen and oxygen atoms in total. The summed E-state index contributed by atoms with van der Waals surface area (Å²) in [6.45, 7) is 6.63. The zero-order valence-electron chi connectivity index (χ0n) is 16.0. The van der Waals surface area contributed by atoms with E-state index in [1.165, 1.54) is 0 Å². The molecule has 0 aliphatic carbocycles. The standard InChI is InChI=1S/C19H27N5O3/c1-12(2)7-8-20-15-10-26-18-16(11-27-17(15)18)24-19(21-22-23-24)13-5-4-6-14(9-13)25-3/h4-6,9,12,15-18,20H,7-8,10-11H2,1-3H3. The van der Waals surface area contributed by atoms with Crippen LogP contribution in [0, 0.1) is 5.92 Å². The van der Waals surface area contributed by atoms with Crippen LogP contribution in [0.3, 0.4) is 0 Å². The van der Waals surface area contributed by atoms with E-state index in [0.29, 0.717) is 25.0 Å². The first kappa shape index (κ1) is 18.3. The summed E-state index contributed by atoms with van der Waals surface area (Å²) in [6, 6.07) is 7.92. The Hall–Kier alpha value is -2.03. The van der Waals surface area contributed by atoms with Crippen LogP contribution in [0.4, 0.5) is 0 Å². The first-order chi connectivity index (χ1) is 13.2. The molecule has 2 fully saturated rings. The van der Waals surface area contributed by atoms with Crippen molar-refractivity contribution in [3.63, 3.8) is 0 Å². The van der Waals surface area contributed by atoms with Gasteiger partial charge in [-0.25, -0.2) is 4.68 Å². The Bertz CT molecular complexity index is 765. The van der Waals surface area contributed by atoms with Gasteiger partial charge in [-0.2, -0.15) is 0 Å². The molecule has 4 rings (SSSR count). The molecule has 1 aromatic carbocycles. The fraction of sp³-hybridized carbons (Fsp3) is 0.632. The number of rotatable bonds is 7. The monoisotopic (exact) mass is 373 g/mol. The molecule has 2 aliphatic heterocycles. The minimum Gasteiger partial charge on any atom is -0.497 e. The maximum absolute atomic E-state index is 6.09. The second-order valence-electron chi connectivity index (χ2n) is 7.59. The van der Waals surface area contributed by atoms with Crippen LogP contribution in [0.15, 0.2) is 24.3 Å². The van der Waals surface area contributed by atoms with Gasteiger partial charge in [0.25, 0.3) is 0 Å². The highest BCUT2D eigenvalue weighted by atomic mass is 16.6. The van der Waals surface area contributed by atoms with Crippen LogP contribution in [-0.2, 0) is 9.47 Å². The van der Waals surface area contributed by atoms with Crippen LogP contribution in [0.2, 0.25) is 0 Å². The van der Waals surface area contributed by atoms with Crippen molar-refractivity contribution in [2.24, 2.45) is 5.92 Å². The Kier molecular flexibility index (Phi) is 5.38. The van der Waals surface area contributed by atoms with Crippen LogP contribution in [0.5, 0.6) is 5.75 Å². The van der Waals surface area contributed by atoms with Crippen LogP contribution in [0.1, 0.15) is 26.3 Å². The topological polar surface area (TPSA) is 83.3 Å². The van der Waals surface area contributed by atoms with Crippen molar-refractivity contribution in [3.8, 4) is 17.1 Å². The Morgan fingerprint density at radius 1 is 1.26 bits per heavy atom. The van der Waals surface area contributed by atoms with Crippen LogP contribution in [-0.4, -0.2) is 65.3 Å². The quantitative estimate of drug-likeness (QED) is 0.791. The number of fused-ring (bicyclic) bond motifs is 1. The number of nitrogens with one attached hydrogen (secondary N) is 1. The molecule has 3 heterocycles. The summed E-state index contributed by atoms with van der Waals surface area (Å²) in [5.74, 6) is 2.15. The number of hydrogen-bond acceptors (Lipinski definition) is 7.